The van der Waals surface area contributed by atoms with E-state index in [0.717, 1.165) is 0 Å². The molecule has 2 aromatic carbocycles. The molecule has 2 aromatic rings. The fourth-order valence-electron chi connectivity index (χ4n) is 1.85. The fraction of sp³-hybridized carbons (Fsp3) is 0.0714. The summed E-state index contributed by atoms with van der Waals surface area (Å²) in [5.41, 5.74) is 4.62. The van der Waals surface area contributed by atoms with Crippen LogP contribution in [-0.2, 0) is 0 Å². The Morgan fingerprint density at radius 1 is 1.10 bits per heavy atom. The standard InChI is InChI=1S/C14H10F3NO2/c1-20-11-4-2-3-10(18)13(11)14(19)12-8(16)5-7(15)6-9(12)17/h2-6H,18H2,1H3. The number of ether oxygens (including phenoxy) is 1. The summed E-state index contributed by atoms with van der Waals surface area (Å²) in [6, 6.07) is 5.23. The van der Waals surface area contributed by atoms with Crippen LogP contribution >= 0.6 is 0 Å². The van der Waals surface area contributed by atoms with Crippen molar-refractivity contribution >= 4 is 11.5 Å². The van der Waals surface area contributed by atoms with Crippen molar-refractivity contribution in [2.24, 2.45) is 0 Å². The second kappa shape index (κ2) is 5.24. The van der Waals surface area contributed by atoms with E-state index in [-0.39, 0.29) is 17.0 Å². The minimum absolute atomic E-state index is 0.0116. The van der Waals surface area contributed by atoms with Gasteiger partial charge in [-0.3, -0.25) is 4.79 Å². The molecule has 0 heterocycles. The van der Waals surface area contributed by atoms with Gasteiger partial charge in [-0.25, -0.2) is 13.2 Å². The number of halogens is 3. The SMILES string of the molecule is COc1cccc(N)c1C(=O)c1c(F)cc(F)cc1F. The Morgan fingerprint density at radius 2 is 1.70 bits per heavy atom. The van der Waals surface area contributed by atoms with Gasteiger partial charge in [-0.15, -0.1) is 0 Å². The molecule has 0 saturated heterocycles. The molecule has 0 aromatic heterocycles. The van der Waals surface area contributed by atoms with Crippen LogP contribution in [0.3, 0.4) is 0 Å². The van der Waals surface area contributed by atoms with Gasteiger partial charge in [0.25, 0.3) is 0 Å². The van der Waals surface area contributed by atoms with Crippen molar-refractivity contribution in [2.75, 3.05) is 12.8 Å². The number of nitrogen functional groups attached to an aromatic ring is 1. The molecule has 0 atom stereocenters. The average molecular weight is 281 g/mol. The molecular formula is C14H10F3NO2. The number of hydrogen-bond donors (Lipinski definition) is 1. The van der Waals surface area contributed by atoms with Crippen molar-refractivity contribution in [1.29, 1.82) is 0 Å². The van der Waals surface area contributed by atoms with Crippen LogP contribution in [0.15, 0.2) is 30.3 Å². The number of ketones is 1. The van der Waals surface area contributed by atoms with Crippen molar-refractivity contribution in [1.82, 2.24) is 0 Å². The number of rotatable bonds is 3. The number of carbonyl (C=O) groups is 1. The number of carbonyl (C=O) groups excluding carboxylic acids is 1. The lowest BCUT2D eigenvalue weighted by molar-refractivity contribution is 0.102. The van der Waals surface area contributed by atoms with Gasteiger partial charge in [-0.05, 0) is 12.1 Å². The van der Waals surface area contributed by atoms with E-state index in [1.165, 1.54) is 25.3 Å². The Bertz CT molecular complexity index is 663. The lowest BCUT2D eigenvalue weighted by Gasteiger charge is -2.11. The maximum absolute atomic E-state index is 13.6. The van der Waals surface area contributed by atoms with Crippen LogP contribution in [0.1, 0.15) is 15.9 Å². The van der Waals surface area contributed by atoms with Gasteiger partial charge in [-0.1, -0.05) is 6.07 Å². The van der Waals surface area contributed by atoms with Gasteiger partial charge in [0.1, 0.15) is 23.2 Å². The predicted molar refractivity (Wildman–Crippen MR) is 67.2 cm³/mol. The largest absolute Gasteiger partial charge is 0.496 e. The Balaban J connectivity index is 2.64. The zero-order valence-electron chi connectivity index (χ0n) is 10.4. The molecular weight excluding hydrogens is 271 g/mol. The smallest absolute Gasteiger partial charge is 0.204 e. The first-order chi connectivity index (χ1) is 9.45. The van der Waals surface area contributed by atoms with Crippen molar-refractivity contribution in [3.8, 4) is 5.75 Å². The van der Waals surface area contributed by atoms with E-state index in [4.69, 9.17) is 10.5 Å². The van der Waals surface area contributed by atoms with Gasteiger partial charge in [0.2, 0.25) is 5.78 Å². The molecule has 0 aliphatic heterocycles. The zero-order valence-corrected chi connectivity index (χ0v) is 10.4. The Kier molecular flexibility index (Phi) is 3.65. The summed E-state index contributed by atoms with van der Waals surface area (Å²) >= 11 is 0. The highest BCUT2D eigenvalue weighted by molar-refractivity contribution is 6.14. The van der Waals surface area contributed by atoms with Gasteiger partial charge in [0, 0.05) is 17.8 Å². The maximum Gasteiger partial charge on any atom is 0.204 e. The topological polar surface area (TPSA) is 52.3 Å². The summed E-state index contributed by atoms with van der Waals surface area (Å²) < 4.78 is 45.1. The molecule has 0 bridgehead atoms. The van der Waals surface area contributed by atoms with E-state index in [9.17, 15) is 18.0 Å². The normalized spacial score (nSPS) is 10.4. The monoisotopic (exact) mass is 281 g/mol. The first kappa shape index (κ1) is 13.9. The molecule has 20 heavy (non-hydrogen) atoms. The third kappa shape index (κ3) is 2.32. The van der Waals surface area contributed by atoms with Crippen molar-refractivity contribution < 1.29 is 22.7 Å². The Labute approximate surface area is 112 Å². The molecule has 0 saturated carbocycles. The lowest BCUT2D eigenvalue weighted by Crippen LogP contribution is -2.12. The third-order valence-corrected chi connectivity index (χ3v) is 2.74. The van der Waals surface area contributed by atoms with Crippen LogP contribution in [0.2, 0.25) is 0 Å². The summed E-state index contributed by atoms with van der Waals surface area (Å²) in [4.78, 5) is 12.2. The summed E-state index contributed by atoms with van der Waals surface area (Å²) in [6.07, 6.45) is 0. The molecule has 0 fully saturated rings. The molecule has 0 amide bonds. The minimum Gasteiger partial charge on any atom is -0.496 e. The Morgan fingerprint density at radius 3 is 2.25 bits per heavy atom. The quantitative estimate of drug-likeness (QED) is 0.695. The minimum atomic E-state index is -1.29. The predicted octanol–water partition coefficient (Wildman–Crippen LogP) is 2.93. The lowest BCUT2D eigenvalue weighted by atomic mass is 9.99. The van der Waals surface area contributed by atoms with Gasteiger partial charge in [0.15, 0.2) is 0 Å². The second-order valence-electron chi connectivity index (χ2n) is 4.00. The van der Waals surface area contributed by atoms with Gasteiger partial charge >= 0.3 is 0 Å². The Hall–Kier alpha value is -2.50. The van der Waals surface area contributed by atoms with Crippen LogP contribution in [0, 0.1) is 17.5 Å². The summed E-state index contributed by atoms with van der Waals surface area (Å²) in [7, 11) is 1.29. The van der Waals surface area contributed by atoms with Crippen LogP contribution in [-0.4, -0.2) is 12.9 Å². The average Bonchev–Trinajstić information content (AvgIpc) is 2.36. The highest BCUT2D eigenvalue weighted by atomic mass is 19.1. The highest BCUT2D eigenvalue weighted by Crippen LogP contribution is 2.29. The van der Waals surface area contributed by atoms with Gasteiger partial charge in [0.05, 0.1) is 18.2 Å². The molecule has 3 nitrogen and oxygen atoms in total. The van der Waals surface area contributed by atoms with Gasteiger partial charge in [-0.2, -0.15) is 0 Å². The molecule has 0 radical (unpaired) electrons. The fourth-order valence-corrected chi connectivity index (χ4v) is 1.85. The van der Waals surface area contributed by atoms with Crippen molar-refractivity contribution in [2.45, 2.75) is 0 Å². The van der Waals surface area contributed by atoms with Crippen molar-refractivity contribution in [3.05, 3.63) is 58.9 Å². The van der Waals surface area contributed by atoms with Crippen molar-refractivity contribution in [3.63, 3.8) is 0 Å². The second-order valence-corrected chi connectivity index (χ2v) is 4.00. The van der Waals surface area contributed by atoms with Crippen LogP contribution in [0.5, 0.6) is 5.75 Å². The van der Waals surface area contributed by atoms with E-state index < -0.39 is 28.8 Å². The molecule has 2 N–H and O–H groups in total. The summed E-state index contributed by atoms with van der Waals surface area (Å²) in [5.74, 6) is -4.62. The molecule has 0 aliphatic carbocycles. The molecule has 6 heteroatoms. The molecule has 0 aliphatic rings. The first-order valence-electron chi connectivity index (χ1n) is 5.57. The number of benzene rings is 2. The summed E-state index contributed by atoms with van der Waals surface area (Å²) in [5, 5.41) is 0. The third-order valence-electron chi connectivity index (χ3n) is 2.74. The van der Waals surface area contributed by atoms with E-state index in [1.807, 2.05) is 0 Å². The molecule has 0 unspecified atom stereocenters. The van der Waals surface area contributed by atoms with E-state index in [2.05, 4.69) is 0 Å². The summed E-state index contributed by atoms with van der Waals surface area (Å²) in [6.45, 7) is 0. The molecule has 2 rings (SSSR count). The number of anilines is 1. The number of nitrogens with two attached hydrogens (primary N) is 1. The highest BCUT2D eigenvalue weighted by Gasteiger charge is 2.24. The van der Waals surface area contributed by atoms with E-state index in [0.29, 0.717) is 12.1 Å². The van der Waals surface area contributed by atoms with Crippen LogP contribution in [0.4, 0.5) is 18.9 Å². The first-order valence-corrected chi connectivity index (χ1v) is 5.57. The zero-order chi connectivity index (χ0) is 14.9. The van der Waals surface area contributed by atoms with E-state index in [1.54, 1.807) is 0 Å². The molecule has 104 valence electrons. The molecule has 0 spiro atoms. The number of methoxy groups -OCH3 is 1. The maximum atomic E-state index is 13.6. The van der Waals surface area contributed by atoms with Crippen LogP contribution < -0.4 is 10.5 Å². The van der Waals surface area contributed by atoms with Gasteiger partial charge < -0.3 is 10.5 Å². The van der Waals surface area contributed by atoms with E-state index >= 15 is 0 Å². The van der Waals surface area contributed by atoms with Crippen LogP contribution in [0.25, 0.3) is 0 Å². The number of hydrogen-bond acceptors (Lipinski definition) is 3.